The van der Waals surface area contributed by atoms with Gasteiger partial charge in [-0.2, -0.15) is 4.98 Å². The van der Waals surface area contributed by atoms with Crippen molar-refractivity contribution in [2.75, 3.05) is 33.4 Å². The molecular weight excluding hydrogens is 338 g/mol. The van der Waals surface area contributed by atoms with E-state index in [4.69, 9.17) is 14.0 Å². The molecule has 1 saturated heterocycles. The fraction of sp³-hybridized carbons (Fsp3) is 0.812. The van der Waals surface area contributed by atoms with Crippen LogP contribution in [0.3, 0.4) is 0 Å². The Balaban J connectivity index is 1.37. The third-order valence-corrected chi connectivity index (χ3v) is 5.06. The van der Waals surface area contributed by atoms with Crippen molar-refractivity contribution in [3.63, 3.8) is 0 Å². The molecule has 1 saturated carbocycles. The lowest BCUT2D eigenvalue weighted by molar-refractivity contribution is -0.0405. The highest BCUT2D eigenvalue weighted by Crippen LogP contribution is 2.33. The number of rotatable bonds is 7. The van der Waals surface area contributed by atoms with Gasteiger partial charge in [0.2, 0.25) is 5.89 Å². The number of nitrogens with zero attached hydrogens (tertiary/aromatic N) is 7. The van der Waals surface area contributed by atoms with Gasteiger partial charge in [-0.3, -0.25) is 4.90 Å². The smallest absolute Gasteiger partial charge is 0.229 e. The van der Waals surface area contributed by atoms with Gasteiger partial charge in [0.15, 0.2) is 11.6 Å². The lowest BCUT2D eigenvalue weighted by atomic mass is 10.1. The maximum Gasteiger partial charge on any atom is 0.229 e. The van der Waals surface area contributed by atoms with Crippen molar-refractivity contribution in [3.8, 4) is 0 Å². The summed E-state index contributed by atoms with van der Waals surface area (Å²) in [5.74, 6) is 2.71. The van der Waals surface area contributed by atoms with Crippen LogP contribution in [0, 0.1) is 0 Å². The molecule has 0 N–H and O–H groups in total. The van der Waals surface area contributed by atoms with Gasteiger partial charge >= 0.3 is 0 Å². The largest absolute Gasteiger partial charge is 0.383 e. The molecule has 2 aromatic rings. The van der Waals surface area contributed by atoms with Gasteiger partial charge in [0, 0.05) is 26.1 Å². The van der Waals surface area contributed by atoms with Crippen LogP contribution in [-0.4, -0.2) is 68.7 Å². The van der Waals surface area contributed by atoms with Gasteiger partial charge in [-0.05, 0) is 23.3 Å². The van der Waals surface area contributed by atoms with Gasteiger partial charge in [-0.1, -0.05) is 18.0 Å². The molecule has 3 heterocycles. The van der Waals surface area contributed by atoms with Gasteiger partial charge in [-0.15, -0.1) is 5.10 Å². The van der Waals surface area contributed by atoms with Crippen molar-refractivity contribution in [1.82, 2.24) is 35.2 Å². The summed E-state index contributed by atoms with van der Waals surface area (Å²) in [5.41, 5.74) is 0. The Morgan fingerprint density at radius 3 is 3.00 bits per heavy atom. The fourth-order valence-corrected chi connectivity index (χ4v) is 3.65. The molecule has 1 aliphatic heterocycles. The fourth-order valence-electron chi connectivity index (χ4n) is 3.65. The van der Waals surface area contributed by atoms with Crippen molar-refractivity contribution in [2.24, 2.45) is 0 Å². The normalized spacial score (nSPS) is 22.3. The first-order chi connectivity index (χ1) is 12.8. The molecular formula is C16H25N7O3. The highest BCUT2D eigenvalue weighted by Gasteiger charge is 2.28. The number of methoxy groups -OCH3 is 1. The maximum atomic E-state index is 5.89. The van der Waals surface area contributed by atoms with E-state index in [-0.39, 0.29) is 6.10 Å². The molecule has 10 heteroatoms. The molecule has 1 aliphatic carbocycles. The van der Waals surface area contributed by atoms with Crippen molar-refractivity contribution >= 4 is 0 Å². The van der Waals surface area contributed by atoms with Crippen molar-refractivity contribution in [2.45, 2.75) is 50.8 Å². The molecule has 2 fully saturated rings. The van der Waals surface area contributed by atoms with Crippen molar-refractivity contribution in [3.05, 3.63) is 17.5 Å². The summed E-state index contributed by atoms with van der Waals surface area (Å²) in [6.45, 7) is 3.95. The molecule has 0 amide bonds. The minimum absolute atomic E-state index is 0.170. The molecule has 0 aromatic carbocycles. The van der Waals surface area contributed by atoms with Gasteiger partial charge in [0.25, 0.3) is 0 Å². The first kappa shape index (κ1) is 17.5. The van der Waals surface area contributed by atoms with Crippen molar-refractivity contribution in [1.29, 1.82) is 0 Å². The number of aromatic nitrogens is 6. The Hall–Kier alpha value is -1.91. The molecule has 1 atom stereocenters. The highest BCUT2D eigenvalue weighted by molar-refractivity contribution is 4.98. The molecule has 142 valence electrons. The quantitative estimate of drug-likeness (QED) is 0.710. The van der Waals surface area contributed by atoms with E-state index >= 15 is 0 Å². The Bertz CT molecular complexity index is 698. The summed E-state index contributed by atoms with van der Waals surface area (Å²) in [6, 6.07) is 0. The zero-order valence-electron chi connectivity index (χ0n) is 15.1. The minimum atomic E-state index is -0.170. The zero-order chi connectivity index (χ0) is 17.8. The van der Waals surface area contributed by atoms with Crippen LogP contribution in [-0.2, 0) is 22.6 Å². The van der Waals surface area contributed by atoms with Crippen LogP contribution in [0.2, 0.25) is 0 Å². The number of morpholine rings is 1. The monoisotopic (exact) mass is 363 g/mol. The summed E-state index contributed by atoms with van der Waals surface area (Å²) >= 11 is 0. The first-order valence-electron chi connectivity index (χ1n) is 9.25. The lowest BCUT2D eigenvalue weighted by Gasteiger charge is -2.31. The van der Waals surface area contributed by atoms with Crippen LogP contribution in [0.15, 0.2) is 4.52 Å². The Labute approximate surface area is 151 Å². The van der Waals surface area contributed by atoms with E-state index in [2.05, 4.69) is 30.6 Å². The summed E-state index contributed by atoms with van der Waals surface area (Å²) in [4.78, 5) is 6.87. The second-order valence-electron chi connectivity index (χ2n) is 6.88. The van der Waals surface area contributed by atoms with E-state index in [0.717, 1.165) is 36.9 Å². The summed E-state index contributed by atoms with van der Waals surface area (Å²) < 4.78 is 18.2. The SMILES string of the molecule is COCCn1nnnc1[C@H]1CN(Cc2noc(C3CCCC3)n2)CCO1. The maximum absolute atomic E-state index is 5.89. The predicted octanol–water partition coefficient (Wildman–Crippen LogP) is 0.934. The molecule has 4 rings (SSSR count). The second-order valence-corrected chi connectivity index (χ2v) is 6.88. The van der Waals surface area contributed by atoms with Crippen LogP contribution < -0.4 is 0 Å². The van der Waals surface area contributed by atoms with Gasteiger partial charge in [-0.25, -0.2) is 4.68 Å². The Kier molecular flexibility index (Phi) is 5.51. The Morgan fingerprint density at radius 1 is 1.27 bits per heavy atom. The molecule has 2 aliphatic rings. The summed E-state index contributed by atoms with van der Waals surface area (Å²) in [7, 11) is 1.66. The second kappa shape index (κ2) is 8.19. The molecule has 0 unspecified atom stereocenters. The van der Waals surface area contributed by atoms with E-state index in [0.29, 0.717) is 38.8 Å². The lowest BCUT2D eigenvalue weighted by Crippen LogP contribution is -2.39. The molecule has 0 spiro atoms. The molecule has 10 nitrogen and oxygen atoms in total. The van der Waals surface area contributed by atoms with Crippen LogP contribution >= 0.6 is 0 Å². The number of hydrogen-bond acceptors (Lipinski definition) is 9. The number of ether oxygens (including phenoxy) is 2. The predicted molar refractivity (Wildman–Crippen MR) is 89.2 cm³/mol. The molecule has 26 heavy (non-hydrogen) atoms. The van der Waals surface area contributed by atoms with E-state index < -0.39 is 0 Å². The first-order valence-corrected chi connectivity index (χ1v) is 9.25. The van der Waals surface area contributed by atoms with Gasteiger partial charge in [0.1, 0.15) is 6.10 Å². The topological polar surface area (TPSA) is 104 Å². The number of tetrazole rings is 1. The average Bonchev–Trinajstić information content (AvgIpc) is 3.41. The van der Waals surface area contributed by atoms with Gasteiger partial charge in [0.05, 0.1) is 26.3 Å². The average molecular weight is 363 g/mol. The third-order valence-electron chi connectivity index (χ3n) is 5.06. The summed E-state index contributed by atoms with van der Waals surface area (Å²) in [5, 5.41) is 16.1. The van der Waals surface area contributed by atoms with Crippen molar-refractivity contribution < 1.29 is 14.0 Å². The Morgan fingerprint density at radius 2 is 2.15 bits per heavy atom. The van der Waals surface area contributed by atoms with Crippen LogP contribution in [0.1, 0.15) is 55.2 Å². The van der Waals surface area contributed by atoms with E-state index in [1.165, 1.54) is 12.8 Å². The standard InChI is InChI=1S/C16H25N7O3/c1-24-8-7-23-15(18-20-21-23)13-10-22(6-9-25-13)11-14-17-16(26-19-14)12-4-2-3-5-12/h12-13H,2-11H2,1H3/t13-/m1/s1. The van der Waals surface area contributed by atoms with Crippen LogP contribution in [0.5, 0.6) is 0 Å². The highest BCUT2D eigenvalue weighted by atomic mass is 16.5. The molecule has 0 radical (unpaired) electrons. The number of hydrogen-bond donors (Lipinski definition) is 0. The molecule has 0 bridgehead atoms. The van der Waals surface area contributed by atoms with E-state index in [1.54, 1.807) is 11.8 Å². The zero-order valence-corrected chi connectivity index (χ0v) is 15.1. The summed E-state index contributed by atoms with van der Waals surface area (Å²) in [6.07, 6.45) is 4.66. The van der Waals surface area contributed by atoms with Gasteiger partial charge < -0.3 is 14.0 Å². The molecule has 2 aromatic heterocycles. The van der Waals surface area contributed by atoms with Crippen LogP contribution in [0.25, 0.3) is 0 Å². The van der Waals surface area contributed by atoms with Crippen LogP contribution in [0.4, 0.5) is 0 Å². The minimum Gasteiger partial charge on any atom is -0.383 e. The third kappa shape index (κ3) is 3.92. The van der Waals surface area contributed by atoms with E-state index in [1.807, 2.05) is 0 Å². The van der Waals surface area contributed by atoms with E-state index in [9.17, 15) is 0 Å².